The largest absolute Gasteiger partial charge is 0.480 e. The van der Waals surface area contributed by atoms with E-state index in [1.165, 1.54) is 13.3 Å². The lowest BCUT2D eigenvalue weighted by Crippen LogP contribution is -2.45. The van der Waals surface area contributed by atoms with E-state index in [1.807, 2.05) is 0 Å². The molecule has 1 saturated heterocycles. The first-order valence-corrected chi connectivity index (χ1v) is 6.04. The summed E-state index contributed by atoms with van der Waals surface area (Å²) in [5.41, 5.74) is 0. The van der Waals surface area contributed by atoms with E-state index in [0.29, 0.717) is 18.8 Å². The number of esters is 1. The summed E-state index contributed by atoms with van der Waals surface area (Å²) in [7, 11) is 1.25. The van der Waals surface area contributed by atoms with E-state index in [4.69, 9.17) is 0 Å². The van der Waals surface area contributed by atoms with Gasteiger partial charge >= 0.3 is 11.9 Å². The van der Waals surface area contributed by atoms with Crippen molar-refractivity contribution in [1.82, 2.24) is 9.97 Å². The van der Waals surface area contributed by atoms with E-state index in [2.05, 4.69) is 14.7 Å². The standard InChI is InChI=1S/C12H15N3O4/c1-19-12(18)10-13-6-5-9(14-10)15-7-3-2-4-8(15)11(16)17/h5-6,8H,2-4,7H2,1H3,(H,16,17). The molecule has 0 spiro atoms. The third-order valence-electron chi connectivity index (χ3n) is 3.09. The van der Waals surface area contributed by atoms with Crippen LogP contribution in [0.2, 0.25) is 0 Å². The second kappa shape index (κ2) is 5.64. The minimum Gasteiger partial charge on any atom is -0.480 e. The van der Waals surface area contributed by atoms with Crippen LogP contribution < -0.4 is 4.90 Å². The highest BCUT2D eigenvalue weighted by atomic mass is 16.5. The molecular formula is C12H15N3O4. The summed E-state index contributed by atoms with van der Waals surface area (Å²) in [6.07, 6.45) is 3.79. The Bertz CT molecular complexity index is 492. The maximum Gasteiger partial charge on any atom is 0.376 e. The zero-order chi connectivity index (χ0) is 13.8. The zero-order valence-electron chi connectivity index (χ0n) is 10.6. The number of piperidine rings is 1. The fourth-order valence-electron chi connectivity index (χ4n) is 2.16. The van der Waals surface area contributed by atoms with Crippen LogP contribution in [0, 0.1) is 0 Å². The van der Waals surface area contributed by atoms with Crippen LogP contribution in [-0.4, -0.2) is 46.7 Å². The molecule has 0 aliphatic carbocycles. The van der Waals surface area contributed by atoms with E-state index in [-0.39, 0.29) is 5.82 Å². The third-order valence-corrected chi connectivity index (χ3v) is 3.09. The quantitative estimate of drug-likeness (QED) is 0.804. The highest BCUT2D eigenvalue weighted by Crippen LogP contribution is 2.23. The van der Waals surface area contributed by atoms with E-state index in [1.54, 1.807) is 11.0 Å². The molecule has 102 valence electrons. The number of nitrogens with zero attached hydrogens (tertiary/aromatic N) is 3. The van der Waals surface area contributed by atoms with Gasteiger partial charge in [0, 0.05) is 12.7 Å². The van der Waals surface area contributed by atoms with Gasteiger partial charge in [-0.1, -0.05) is 0 Å². The topological polar surface area (TPSA) is 92.6 Å². The van der Waals surface area contributed by atoms with Crippen LogP contribution in [0.5, 0.6) is 0 Å². The number of carbonyl (C=O) groups is 2. The van der Waals surface area contributed by atoms with Crippen LogP contribution in [-0.2, 0) is 9.53 Å². The average Bonchev–Trinajstić information content (AvgIpc) is 2.46. The fraction of sp³-hybridized carbons (Fsp3) is 0.500. The lowest BCUT2D eigenvalue weighted by atomic mass is 10.0. The van der Waals surface area contributed by atoms with E-state index < -0.39 is 18.0 Å². The highest BCUT2D eigenvalue weighted by Gasteiger charge is 2.29. The molecule has 0 radical (unpaired) electrons. The van der Waals surface area contributed by atoms with E-state index in [9.17, 15) is 14.7 Å². The molecular weight excluding hydrogens is 250 g/mol. The van der Waals surface area contributed by atoms with Crippen molar-refractivity contribution >= 4 is 17.8 Å². The molecule has 1 N–H and O–H groups in total. The van der Waals surface area contributed by atoms with Gasteiger partial charge in [-0.2, -0.15) is 0 Å². The molecule has 1 aromatic rings. The molecule has 2 heterocycles. The lowest BCUT2D eigenvalue weighted by molar-refractivity contribution is -0.139. The van der Waals surface area contributed by atoms with Gasteiger partial charge in [0.25, 0.3) is 0 Å². The third kappa shape index (κ3) is 2.81. The molecule has 2 rings (SSSR count). The van der Waals surface area contributed by atoms with Crippen LogP contribution in [0.3, 0.4) is 0 Å². The van der Waals surface area contributed by atoms with Gasteiger partial charge in [0.05, 0.1) is 7.11 Å². The van der Waals surface area contributed by atoms with Crippen LogP contribution in [0.1, 0.15) is 29.9 Å². The first kappa shape index (κ1) is 13.3. The number of carbonyl (C=O) groups excluding carboxylic acids is 1. The number of anilines is 1. The SMILES string of the molecule is COC(=O)c1nccc(N2CCCCC2C(=O)O)n1. The Kier molecular flexibility index (Phi) is 3.94. The van der Waals surface area contributed by atoms with Crippen molar-refractivity contribution in [3.8, 4) is 0 Å². The molecule has 7 heteroatoms. The Morgan fingerprint density at radius 3 is 2.95 bits per heavy atom. The predicted octanol–water partition coefficient (Wildman–Crippen LogP) is 0.707. The Balaban J connectivity index is 2.29. The zero-order valence-corrected chi connectivity index (χ0v) is 10.6. The molecule has 0 aromatic carbocycles. The van der Waals surface area contributed by atoms with Gasteiger partial charge in [0.2, 0.25) is 5.82 Å². The number of carboxylic acid groups (broad SMARTS) is 1. The molecule has 0 saturated carbocycles. The molecule has 1 aliphatic rings. The maximum atomic E-state index is 11.4. The molecule has 1 fully saturated rings. The molecule has 19 heavy (non-hydrogen) atoms. The van der Waals surface area contributed by atoms with Crippen molar-refractivity contribution < 1.29 is 19.4 Å². The number of hydrogen-bond donors (Lipinski definition) is 1. The van der Waals surface area contributed by atoms with Crippen molar-refractivity contribution in [3.05, 3.63) is 18.1 Å². The van der Waals surface area contributed by atoms with Crippen LogP contribution >= 0.6 is 0 Å². The monoisotopic (exact) mass is 265 g/mol. The summed E-state index contributed by atoms with van der Waals surface area (Å²) < 4.78 is 4.55. The first-order valence-electron chi connectivity index (χ1n) is 6.04. The Labute approximate surface area is 110 Å². The average molecular weight is 265 g/mol. The number of ether oxygens (including phenoxy) is 1. The van der Waals surface area contributed by atoms with Gasteiger partial charge in [-0.15, -0.1) is 0 Å². The highest BCUT2D eigenvalue weighted by molar-refractivity contribution is 5.85. The summed E-state index contributed by atoms with van der Waals surface area (Å²) in [5, 5.41) is 9.22. The summed E-state index contributed by atoms with van der Waals surface area (Å²) in [6, 6.07) is 1.00. The number of carboxylic acids is 1. The molecule has 0 bridgehead atoms. The molecule has 1 aliphatic heterocycles. The van der Waals surface area contributed by atoms with Crippen molar-refractivity contribution in [3.63, 3.8) is 0 Å². The molecule has 7 nitrogen and oxygen atoms in total. The number of rotatable bonds is 3. The normalized spacial score (nSPS) is 19.0. The predicted molar refractivity (Wildman–Crippen MR) is 66.0 cm³/mol. The van der Waals surface area contributed by atoms with Gasteiger partial charge in [0.1, 0.15) is 11.9 Å². The van der Waals surface area contributed by atoms with Gasteiger partial charge in [0.15, 0.2) is 0 Å². The van der Waals surface area contributed by atoms with E-state index in [0.717, 1.165) is 12.8 Å². The molecule has 1 aromatic heterocycles. The van der Waals surface area contributed by atoms with Gasteiger partial charge in [-0.25, -0.2) is 19.6 Å². The van der Waals surface area contributed by atoms with Crippen LogP contribution in [0.15, 0.2) is 12.3 Å². The lowest BCUT2D eigenvalue weighted by Gasteiger charge is -2.33. The van der Waals surface area contributed by atoms with Crippen LogP contribution in [0.4, 0.5) is 5.82 Å². The van der Waals surface area contributed by atoms with Crippen molar-refractivity contribution in [2.75, 3.05) is 18.6 Å². The first-order chi connectivity index (χ1) is 9.13. The van der Waals surface area contributed by atoms with Gasteiger partial charge in [-0.3, -0.25) is 0 Å². The molecule has 1 unspecified atom stereocenters. The molecule has 0 amide bonds. The van der Waals surface area contributed by atoms with Crippen molar-refractivity contribution in [1.29, 1.82) is 0 Å². The van der Waals surface area contributed by atoms with Crippen molar-refractivity contribution in [2.45, 2.75) is 25.3 Å². The number of hydrogen-bond acceptors (Lipinski definition) is 6. The number of aliphatic carboxylic acids is 1. The second-order valence-corrected chi connectivity index (χ2v) is 4.27. The fourth-order valence-corrected chi connectivity index (χ4v) is 2.16. The Morgan fingerprint density at radius 1 is 1.47 bits per heavy atom. The van der Waals surface area contributed by atoms with Gasteiger partial charge < -0.3 is 14.7 Å². The van der Waals surface area contributed by atoms with Gasteiger partial charge in [-0.05, 0) is 25.3 Å². The van der Waals surface area contributed by atoms with E-state index >= 15 is 0 Å². The number of aromatic nitrogens is 2. The second-order valence-electron chi connectivity index (χ2n) is 4.27. The Morgan fingerprint density at radius 2 is 2.26 bits per heavy atom. The number of methoxy groups -OCH3 is 1. The maximum absolute atomic E-state index is 11.4. The summed E-state index contributed by atoms with van der Waals surface area (Å²) in [5.74, 6) is -1.12. The minimum absolute atomic E-state index is 0.0605. The summed E-state index contributed by atoms with van der Waals surface area (Å²) in [6.45, 7) is 0.606. The Hall–Kier alpha value is -2.18. The minimum atomic E-state index is -0.877. The van der Waals surface area contributed by atoms with Crippen LogP contribution in [0.25, 0.3) is 0 Å². The molecule has 1 atom stereocenters. The summed E-state index contributed by atoms with van der Waals surface area (Å²) in [4.78, 5) is 32.2. The van der Waals surface area contributed by atoms with Crippen molar-refractivity contribution in [2.24, 2.45) is 0 Å². The smallest absolute Gasteiger partial charge is 0.376 e. The summed E-state index contributed by atoms with van der Waals surface area (Å²) >= 11 is 0.